The fourth-order valence-corrected chi connectivity index (χ4v) is 2.78. The standard InChI is InChI=1S/C18H20FN3O/c19-15-5-3-4-14(12-15)6-9-18(23)21-17-8-7-16(13-20-17)22-10-1-2-11-22/h3-5,7-8,12-13H,1-2,6,9-11H2,(H,20,21,23). The van der Waals surface area contributed by atoms with Crippen molar-refractivity contribution >= 4 is 17.4 Å². The highest BCUT2D eigenvalue weighted by molar-refractivity contribution is 5.89. The number of carbonyl (C=O) groups excluding carboxylic acids is 1. The first kappa shape index (κ1) is 15.5. The van der Waals surface area contributed by atoms with Crippen LogP contribution < -0.4 is 10.2 Å². The molecular weight excluding hydrogens is 293 g/mol. The fourth-order valence-electron chi connectivity index (χ4n) is 2.78. The van der Waals surface area contributed by atoms with Crippen LogP contribution in [0.1, 0.15) is 24.8 Å². The molecule has 1 aromatic carbocycles. The number of aryl methyl sites for hydroxylation is 1. The Morgan fingerprint density at radius 3 is 2.74 bits per heavy atom. The minimum absolute atomic E-state index is 0.115. The SMILES string of the molecule is O=C(CCc1cccc(F)c1)Nc1ccc(N2CCCC2)cn1. The number of nitrogens with zero attached hydrogens (tertiary/aromatic N) is 2. The Morgan fingerprint density at radius 2 is 2.04 bits per heavy atom. The van der Waals surface area contributed by atoms with E-state index in [1.54, 1.807) is 12.3 Å². The lowest BCUT2D eigenvalue weighted by Crippen LogP contribution is -2.18. The van der Waals surface area contributed by atoms with Crippen LogP contribution in [0.15, 0.2) is 42.6 Å². The zero-order valence-corrected chi connectivity index (χ0v) is 13.0. The molecule has 1 aromatic heterocycles. The van der Waals surface area contributed by atoms with Crippen molar-refractivity contribution in [1.82, 2.24) is 4.98 Å². The molecule has 120 valence electrons. The monoisotopic (exact) mass is 313 g/mol. The van der Waals surface area contributed by atoms with Gasteiger partial charge in [-0.15, -0.1) is 0 Å². The largest absolute Gasteiger partial charge is 0.370 e. The summed E-state index contributed by atoms with van der Waals surface area (Å²) in [4.78, 5) is 18.5. The van der Waals surface area contributed by atoms with E-state index >= 15 is 0 Å². The van der Waals surface area contributed by atoms with E-state index in [1.807, 2.05) is 18.2 Å². The van der Waals surface area contributed by atoms with Gasteiger partial charge in [-0.1, -0.05) is 12.1 Å². The normalized spacial score (nSPS) is 14.0. The Bertz CT molecular complexity index is 666. The van der Waals surface area contributed by atoms with Crippen LogP contribution in [0.25, 0.3) is 0 Å². The lowest BCUT2D eigenvalue weighted by atomic mass is 10.1. The van der Waals surface area contributed by atoms with Crippen LogP contribution in [-0.4, -0.2) is 24.0 Å². The Morgan fingerprint density at radius 1 is 1.22 bits per heavy atom. The van der Waals surface area contributed by atoms with Crippen molar-refractivity contribution in [2.24, 2.45) is 0 Å². The highest BCUT2D eigenvalue weighted by atomic mass is 19.1. The second-order valence-electron chi connectivity index (χ2n) is 5.77. The number of benzene rings is 1. The number of nitrogens with one attached hydrogen (secondary N) is 1. The average molecular weight is 313 g/mol. The number of carbonyl (C=O) groups is 1. The van der Waals surface area contributed by atoms with E-state index in [4.69, 9.17) is 0 Å². The van der Waals surface area contributed by atoms with Crippen molar-refractivity contribution in [2.75, 3.05) is 23.3 Å². The lowest BCUT2D eigenvalue weighted by molar-refractivity contribution is -0.116. The third-order valence-electron chi connectivity index (χ3n) is 4.02. The topological polar surface area (TPSA) is 45.2 Å². The molecule has 0 aliphatic carbocycles. The Hall–Kier alpha value is -2.43. The molecule has 0 bridgehead atoms. The minimum Gasteiger partial charge on any atom is -0.370 e. The van der Waals surface area contributed by atoms with Crippen LogP contribution in [0.4, 0.5) is 15.9 Å². The highest BCUT2D eigenvalue weighted by Gasteiger charge is 2.12. The van der Waals surface area contributed by atoms with Gasteiger partial charge in [-0.3, -0.25) is 4.79 Å². The summed E-state index contributed by atoms with van der Waals surface area (Å²) in [5.41, 5.74) is 1.91. The third kappa shape index (κ3) is 4.28. The smallest absolute Gasteiger partial charge is 0.225 e. The van der Waals surface area contributed by atoms with Gasteiger partial charge in [-0.05, 0) is 49.1 Å². The van der Waals surface area contributed by atoms with Crippen LogP contribution >= 0.6 is 0 Å². The second-order valence-corrected chi connectivity index (χ2v) is 5.77. The van der Waals surface area contributed by atoms with Crippen LogP contribution in [0.2, 0.25) is 0 Å². The molecule has 5 heteroatoms. The van der Waals surface area contributed by atoms with Gasteiger partial charge >= 0.3 is 0 Å². The molecule has 1 fully saturated rings. The van der Waals surface area contributed by atoms with Crippen molar-refractivity contribution in [3.05, 3.63) is 54.0 Å². The van der Waals surface area contributed by atoms with E-state index in [0.29, 0.717) is 18.7 Å². The van der Waals surface area contributed by atoms with E-state index in [0.717, 1.165) is 24.3 Å². The van der Waals surface area contributed by atoms with E-state index in [1.165, 1.54) is 25.0 Å². The van der Waals surface area contributed by atoms with Gasteiger partial charge in [0.25, 0.3) is 0 Å². The molecule has 0 atom stereocenters. The second kappa shape index (κ2) is 7.22. The number of hydrogen-bond acceptors (Lipinski definition) is 3. The van der Waals surface area contributed by atoms with Crippen LogP contribution in [0.5, 0.6) is 0 Å². The highest BCUT2D eigenvalue weighted by Crippen LogP contribution is 2.20. The number of hydrogen-bond donors (Lipinski definition) is 1. The summed E-state index contributed by atoms with van der Waals surface area (Å²) in [5, 5.41) is 2.78. The molecule has 23 heavy (non-hydrogen) atoms. The zero-order valence-electron chi connectivity index (χ0n) is 13.0. The number of halogens is 1. The zero-order chi connectivity index (χ0) is 16.1. The summed E-state index contributed by atoms with van der Waals surface area (Å²) in [6.07, 6.45) is 5.05. The number of rotatable bonds is 5. The van der Waals surface area contributed by atoms with Crippen molar-refractivity contribution in [3.8, 4) is 0 Å². The van der Waals surface area contributed by atoms with E-state index in [2.05, 4.69) is 15.2 Å². The summed E-state index contributed by atoms with van der Waals surface area (Å²) in [6, 6.07) is 10.1. The van der Waals surface area contributed by atoms with Gasteiger partial charge in [0.2, 0.25) is 5.91 Å². The Kier molecular flexibility index (Phi) is 4.86. The molecule has 1 aliphatic rings. The molecule has 1 amide bonds. The first-order valence-corrected chi connectivity index (χ1v) is 7.96. The maximum atomic E-state index is 13.1. The maximum absolute atomic E-state index is 13.1. The summed E-state index contributed by atoms with van der Waals surface area (Å²) in [6.45, 7) is 2.14. The molecule has 1 aliphatic heterocycles. The van der Waals surface area contributed by atoms with E-state index in [9.17, 15) is 9.18 Å². The van der Waals surface area contributed by atoms with Crippen molar-refractivity contribution in [2.45, 2.75) is 25.7 Å². The summed E-state index contributed by atoms with van der Waals surface area (Å²) in [7, 11) is 0. The number of aromatic nitrogens is 1. The number of anilines is 2. The minimum atomic E-state index is -0.276. The van der Waals surface area contributed by atoms with Gasteiger partial charge in [0.1, 0.15) is 11.6 Å². The molecule has 3 rings (SSSR count). The van der Waals surface area contributed by atoms with Gasteiger partial charge in [0.05, 0.1) is 11.9 Å². The predicted octanol–water partition coefficient (Wildman–Crippen LogP) is 3.39. The molecule has 0 radical (unpaired) electrons. The first-order chi connectivity index (χ1) is 11.2. The summed E-state index contributed by atoms with van der Waals surface area (Å²) in [5.74, 6) is 0.162. The molecule has 0 spiro atoms. The van der Waals surface area contributed by atoms with Crippen LogP contribution in [0.3, 0.4) is 0 Å². The van der Waals surface area contributed by atoms with Crippen LogP contribution in [-0.2, 0) is 11.2 Å². The molecule has 1 saturated heterocycles. The average Bonchev–Trinajstić information content (AvgIpc) is 3.08. The Labute approximate surface area is 135 Å². The Balaban J connectivity index is 1.51. The maximum Gasteiger partial charge on any atom is 0.225 e. The van der Waals surface area contributed by atoms with E-state index < -0.39 is 0 Å². The third-order valence-corrected chi connectivity index (χ3v) is 4.02. The van der Waals surface area contributed by atoms with E-state index in [-0.39, 0.29) is 11.7 Å². The molecular formula is C18H20FN3O. The fraction of sp³-hybridized carbons (Fsp3) is 0.333. The van der Waals surface area contributed by atoms with Gasteiger partial charge < -0.3 is 10.2 Å². The van der Waals surface area contributed by atoms with Gasteiger partial charge in [-0.2, -0.15) is 0 Å². The number of amides is 1. The quantitative estimate of drug-likeness (QED) is 0.920. The van der Waals surface area contributed by atoms with Crippen molar-refractivity contribution < 1.29 is 9.18 Å². The molecule has 0 unspecified atom stereocenters. The van der Waals surface area contributed by atoms with Gasteiger partial charge in [0, 0.05) is 19.5 Å². The molecule has 2 heterocycles. The summed E-state index contributed by atoms with van der Waals surface area (Å²) < 4.78 is 13.1. The molecule has 0 saturated carbocycles. The van der Waals surface area contributed by atoms with Gasteiger partial charge in [0.15, 0.2) is 0 Å². The van der Waals surface area contributed by atoms with Crippen LogP contribution in [0, 0.1) is 5.82 Å². The molecule has 1 N–H and O–H groups in total. The predicted molar refractivity (Wildman–Crippen MR) is 89.0 cm³/mol. The number of pyridine rings is 1. The molecule has 4 nitrogen and oxygen atoms in total. The molecule has 2 aromatic rings. The first-order valence-electron chi connectivity index (χ1n) is 7.96. The summed E-state index contributed by atoms with van der Waals surface area (Å²) >= 11 is 0. The van der Waals surface area contributed by atoms with Crippen molar-refractivity contribution in [1.29, 1.82) is 0 Å². The van der Waals surface area contributed by atoms with Gasteiger partial charge in [-0.25, -0.2) is 9.37 Å². The van der Waals surface area contributed by atoms with Crippen molar-refractivity contribution in [3.63, 3.8) is 0 Å². The lowest BCUT2D eigenvalue weighted by Gasteiger charge is -2.17.